The molecule has 11 heteroatoms. The molecule has 1 fully saturated rings. The maximum absolute atomic E-state index is 12.9. The summed E-state index contributed by atoms with van der Waals surface area (Å²) in [5.74, 6) is 0.775. The molecule has 0 spiro atoms. The molecule has 11 nitrogen and oxygen atoms in total. The van der Waals surface area contributed by atoms with E-state index < -0.39 is 0 Å². The van der Waals surface area contributed by atoms with Gasteiger partial charge in [0.05, 0.1) is 18.1 Å². The normalized spacial score (nSPS) is 16.9. The van der Waals surface area contributed by atoms with Gasteiger partial charge in [0.25, 0.3) is 5.56 Å². The number of carbonyl (C=O) groups is 1. The molecule has 2 atom stereocenters. The number of hydrogen-bond donors (Lipinski definition) is 2. The number of amides is 1. The van der Waals surface area contributed by atoms with Crippen LogP contribution in [-0.2, 0) is 18.9 Å². The molecule has 5 heterocycles. The Hall–Kier alpha value is -4.67. The molecule has 3 N–H and O–H groups in total. The van der Waals surface area contributed by atoms with E-state index in [1.54, 1.807) is 30.2 Å². The summed E-state index contributed by atoms with van der Waals surface area (Å²) in [6, 6.07) is 3.70. The predicted octanol–water partition coefficient (Wildman–Crippen LogP) is 2.61. The lowest BCUT2D eigenvalue weighted by Gasteiger charge is -2.14. The number of hydrogen-bond acceptors (Lipinski definition) is 8. The van der Waals surface area contributed by atoms with E-state index in [4.69, 9.17) is 5.73 Å². The Balaban J connectivity index is 1.35. The number of nitrogens with one attached hydrogen (secondary N) is 1. The zero-order valence-electron chi connectivity index (χ0n) is 20.9. The second kappa shape index (κ2) is 8.19. The van der Waals surface area contributed by atoms with Crippen molar-refractivity contribution >= 4 is 39.2 Å². The van der Waals surface area contributed by atoms with Crippen LogP contribution in [0.15, 0.2) is 41.7 Å². The number of nitrogens with two attached hydrogens (primary N) is 1. The Bertz CT molecular complexity index is 1800. The topological polar surface area (TPSA) is 146 Å². The van der Waals surface area contributed by atoms with Crippen molar-refractivity contribution in [2.75, 3.05) is 11.1 Å². The number of nitrogens with zero attached hydrogens (tertiary/aromatic N) is 7. The van der Waals surface area contributed by atoms with Crippen molar-refractivity contribution in [2.45, 2.75) is 26.2 Å². The van der Waals surface area contributed by atoms with Gasteiger partial charge in [0.15, 0.2) is 0 Å². The number of aromatic nitrogens is 7. The van der Waals surface area contributed by atoms with Crippen molar-refractivity contribution in [2.24, 2.45) is 20.0 Å². The highest BCUT2D eigenvalue weighted by molar-refractivity contribution is 5.99. The lowest BCUT2D eigenvalue weighted by atomic mass is 9.99. The minimum Gasteiger partial charge on any atom is -0.383 e. The Kier molecular flexibility index (Phi) is 5.04. The van der Waals surface area contributed by atoms with Crippen molar-refractivity contribution in [3.63, 3.8) is 0 Å². The van der Waals surface area contributed by atoms with Crippen molar-refractivity contribution in [3.05, 3.63) is 64.1 Å². The first-order valence-electron chi connectivity index (χ1n) is 11.9. The van der Waals surface area contributed by atoms with Crippen LogP contribution >= 0.6 is 0 Å². The highest BCUT2D eigenvalue weighted by atomic mass is 16.2. The van der Waals surface area contributed by atoms with Gasteiger partial charge in [0.1, 0.15) is 17.2 Å². The van der Waals surface area contributed by atoms with Crippen LogP contribution < -0.4 is 16.6 Å². The van der Waals surface area contributed by atoms with Crippen molar-refractivity contribution in [1.29, 1.82) is 0 Å². The quantitative estimate of drug-likeness (QED) is 0.387. The molecule has 1 amide bonds. The van der Waals surface area contributed by atoms with Crippen molar-refractivity contribution in [1.82, 2.24) is 34.5 Å². The molecule has 0 aromatic carbocycles. The number of anilines is 2. The SMILES string of the molecule is Cc1nc2c(=O)n(C)ncc2c(C)c1-c1cc2cc(NC(=O)[C@@H]3C[C@H]3c3cnn(C)c3)ncc2c(N)n1. The second-order valence-corrected chi connectivity index (χ2v) is 9.60. The zero-order chi connectivity index (χ0) is 26.0. The standard InChI is InChI=1S/C26H25N9O2/c1-12-18-10-30-35(4)26(37)23(18)31-13(2)22(12)20-5-14-6-21(28-9-19(14)24(27)32-20)33-25(36)17-7-16(17)15-8-29-34(3)11-15/h5-6,8-11,16-17H,7H2,1-4H3,(H2,27,32)(H,28,33,36)/t16-,17+/m0/s1. The third-order valence-corrected chi connectivity index (χ3v) is 7.06. The zero-order valence-corrected chi connectivity index (χ0v) is 20.9. The van der Waals surface area contributed by atoms with Crippen LogP contribution in [0.1, 0.15) is 29.2 Å². The lowest BCUT2D eigenvalue weighted by molar-refractivity contribution is -0.117. The molecule has 0 unspecified atom stereocenters. The van der Waals surface area contributed by atoms with Gasteiger partial charge in [-0.05, 0) is 54.8 Å². The van der Waals surface area contributed by atoms with Crippen LogP contribution in [0.25, 0.3) is 32.9 Å². The van der Waals surface area contributed by atoms with Gasteiger partial charge in [-0.2, -0.15) is 10.2 Å². The number of pyridine rings is 3. The molecular formula is C26H25N9O2. The number of aryl methyl sites for hydroxylation is 4. The molecular weight excluding hydrogens is 470 g/mol. The van der Waals surface area contributed by atoms with Crippen LogP contribution in [0, 0.1) is 19.8 Å². The van der Waals surface area contributed by atoms with Crippen LogP contribution in [0.5, 0.6) is 0 Å². The summed E-state index contributed by atoms with van der Waals surface area (Å²) in [7, 11) is 3.46. The average molecular weight is 496 g/mol. The van der Waals surface area contributed by atoms with Gasteiger partial charge in [0, 0.05) is 54.4 Å². The van der Waals surface area contributed by atoms with Crippen LogP contribution in [-0.4, -0.2) is 40.4 Å². The molecule has 5 aromatic heterocycles. The third-order valence-electron chi connectivity index (χ3n) is 7.06. The summed E-state index contributed by atoms with van der Waals surface area (Å²) in [6.45, 7) is 3.76. The van der Waals surface area contributed by atoms with Gasteiger partial charge in [-0.25, -0.2) is 19.6 Å². The van der Waals surface area contributed by atoms with Gasteiger partial charge >= 0.3 is 0 Å². The van der Waals surface area contributed by atoms with Gasteiger partial charge in [-0.3, -0.25) is 14.3 Å². The van der Waals surface area contributed by atoms with Crippen molar-refractivity contribution in [3.8, 4) is 11.3 Å². The Morgan fingerprint density at radius 2 is 1.89 bits per heavy atom. The van der Waals surface area contributed by atoms with Gasteiger partial charge in [0.2, 0.25) is 5.91 Å². The Morgan fingerprint density at radius 1 is 1.08 bits per heavy atom. The maximum atomic E-state index is 12.9. The fraction of sp³-hybridized carbons (Fsp3) is 0.269. The minimum absolute atomic E-state index is 0.0672. The number of rotatable bonds is 4. The van der Waals surface area contributed by atoms with E-state index in [0.717, 1.165) is 28.5 Å². The maximum Gasteiger partial charge on any atom is 0.292 e. The fourth-order valence-corrected chi connectivity index (χ4v) is 4.99. The van der Waals surface area contributed by atoms with Crippen LogP contribution in [0.2, 0.25) is 0 Å². The summed E-state index contributed by atoms with van der Waals surface area (Å²) in [4.78, 5) is 39.0. The molecule has 6 rings (SSSR count). The largest absolute Gasteiger partial charge is 0.383 e. The van der Waals surface area contributed by atoms with Crippen LogP contribution in [0.3, 0.4) is 0 Å². The summed E-state index contributed by atoms with van der Waals surface area (Å²) in [5.41, 5.74) is 10.4. The summed E-state index contributed by atoms with van der Waals surface area (Å²) in [5, 5.41) is 13.4. The Morgan fingerprint density at radius 3 is 2.65 bits per heavy atom. The second-order valence-electron chi connectivity index (χ2n) is 9.60. The van der Waals surface area contributed by atoms with E-state index in [0.29, 0.717) is 39.3 Å². The molecule has 1 saturated carbocycles. The van der Waals surface area contributed by atoms with Gasteiger partial charge < -0.3 is 11.1 Å². The fourth-order valence-electron chi connectivity index (χ4n) is 4.99. The summed E-state index contributed by atoms with van der Waals surface area (Å²) >= 11 is 0. The van der Waals surface area contributed by atoms with E-state index in [1.165, 1.54) is 4.68 Å². The predicted molar refractivity (Wildman–Crippen MR) is 140 cm³/mol. The molecule has 1 aliphatic carbocycles. The monoisotopic (exact) mass is 495 g/mol. The first-order valence-corrected chi connectivity index (χ1v) is 11.9. The molecule has 37 heavy (non-hydrogen) atoms. The molecule has 1 aliphatic rings. The molecule has 0 saturated heterocycles. The smallest absolute Gasteiger partial charge is 0.292 e. The number of fused-ring (bicyclic) bond motifs is 2. The summed E-state index contributed by atoms with van der Waals surface area (Å²) < 4.78 is 3.01. The average Bonchev–Trinajstić information content (AvgIpc) is 3.55. The first-order chi connectivity index (χ1) is 17.7. The Labute approximate surface area is 211 Å². The first kappa shape index (κ1) is 22.8. The minimum atomic E-state index is -0.255. The van der Waals surface area contributed by atoms with E-state index in [1.807, 2.05) is 39.4 Å². The van der Waals surface area contributed by atoms with Crippen LogP contribution in [0.4, 0.5) is 11.6 Å². The molecule has 0 radical (unpaired) electrons. The molecule has 186 valence electrons. The van der Waals surface area contributed by atoms with Crippen molar-refractivity contribution < 1.29 is 4.79 Å². The van der Waals surface area contributed by atoms with E-state index in [2.05, 4.69) is 30.5 Å². The highest BCUT2D eigenvalue weighted by Crippen LogP contribution is 2.47. The van der Waals surface area contributed by atoms with E-state index in [9.17, 15) is 9.59 Å². The van der Waals surface area contributed by atoms with E-state index >= 15 is 0 Å². The molecule has 0 bridgehead atoms. The van der Waals surface area contributed by atoms with Gasteiger partial charge in [-0.15, -0.1) is 0 Å². The summed E-state index contributed by atoms with van der Waals surface area (Å²) in [6.07, 6.45) is 7.80. The number of nitrogen functional groups attached to an aromatic ring is 1. The van der Waals surface area contributed by atoms with Gasteiger partial charge in [-0.1, -0.05) is 0 Å². The van der Waals surface area contributed by atoms with E-state index in [-0.39, 0.29) is 23.3 Å². The highest BCUT2D eigenvalue weighted by Gasteiger charge is 2.44. The number of carbonyl (C=O) groups excluding carboxylic acids is 1. The molecule has 0 aliphatic heterocycles. The molecule has 5 aromatic rings. The third kappa shape index (κ3) is 3.79. The lowest BCUT2D eigenvalue weighted by Crippen LogP contribution is -2.20.